The van der Waals surface area contributed by atoms with Crippen LogP contribution < -0.4 is 5.32 Å². The standard InChI is InChI=1S/C14H23NO7/c1-4-21-12(17)7-6-11(16)15-10(13(18)19)8-9(3)14(20)22-5-2/h9-10H,4-8H2,1-3H3,(H,15,16)(H,18,19)/t9-,10+/m0/s1. The van der Waals surface area contributed by atoms with Crippen LogP contribution in [0.4, 0.5) is 0 Å². The molecule has 0 aromatic heterocycles. The highest BCUT2D eigenvalue weighted by Gasteiger charge is 2.26. The van der Waals surface area contributed by atoms with E-state index in [1.54, 1.807) is 13.8 Å². The number of carboxylic acids is 1. The number of carboxylic acid groups (broad SMARTS) is 1. The second kappa shape index (κ2) is 10.6. The fourth-order valence-corrected chi connectivity index (χ4v) is 1.67. The molecule has 0 aromatic rings. The van der Waals surface area contributed by atoms with Gasteiger partial charge in [0, 0.05) is 6.42 Å². The number of hydrogen-bond donors (Lipinski definition) is 2. The largest absolute Gasteiger partial charge is 0.480 e. The molecule has 22 heavy (non-hydrogen) atoms. The topological polar surface area (TPSA) is 119 Å². The number of aliphatic carboxylic acids is 1. The Labute approximate surface area is 129 Å². The van der Waals surface area contributed by atoms with Gasteiger partial charge < -0.3 is 19.9 Å². The quantitative estimate of drug-likeness (QED) is 0.563. The molecule has 126 valence electrons. The summed E-state index contributed by atoms with van der Waals surface area (Å²) in [5.74, 6) is -3.54. The van der Waals surface area contributed by atoms with Crippen LogP contribution in [0.3, 0.4) is 0 Å². The van der Waals surface area contributed by atoms with Gasteiger partial charge in [-0.05, 0) is 20.3 Å². The summed E-state index contributed by atoms with van der Waals surface area (Å²) >= 11 is 0. The third-order valence-electron chi connectivity index (χ3n) is 2.77. The summed E-state index contributed by atoms with van der Waals surface area (Å²) in [6.45, 7) is 5.24. The molecule has 0 fully saturated rings. The first-order chi connectivity index (χ1) is 10.3. The maximum atomic E-state index is 11.6. The van der Waals surface area contributed by atoms with E-state index >= 15 is 0 Å². The van der Waals surface area contributed by atoms with Crippen LogP contribution in [0.15, 0.2) is 0 Å². The van der Waals surface area contributed by atoms with Gasteiger partial charge in [-0.15, -0.1) is 0 Å². The van der Waals surface area contributed by atoms with Gasteiger partial charge in [-0.2, -0.15) is 0 Å². The molecule has 0 spiro atoms. The van der Waals surface area contributed by atoms with Gasteiger partial charge in [-0.3, -0.25) is 14.4 Å². The summed E-state index contributed by atoms with van der Waals surface area (Å²) in [6, 6.07) is -1.21. The molecule has 2 N–H and O–H groups in total. The fourth-order valence-electron chi connectivity index (χ4n) is 1.67. The average molecular weight is 317 g/mol. The summed E-state index contributed by atoms with van der Waals surface area (Å²) in [5.41, 5.74) is 0. The lowest BCUT2D eigenvalue weighted by atomic mass is 10.0. The van der Waals surface area contributed by atoms with Crippen molar-refractivity contribution in [1.82, 2.24) is 5.32 Å². The predicted octanol–water partition coefficient (Wildman–Crippen LogP) is 0.488. The third-order valence-corrected chi connectivity index (χ3v) is 2.77. The maximum absolute atomic E-state index is 11.6. The van der Waals surface area contributed by atoms with Crippen molar-refractivity contribution in [1.29, 1.82) is 0 Å². The number of nitrogens with one attached hydrogen (secondary N) is 1. The van der Waals surface area contributed by atoms with Crippen LogP contribution in [0.25, 0.3) is 0 Å². The highest BCUT2D eigenvalue weighted by atomic mass is 16.5. The van der Waals surface area contributed by atoms with E-state index in [9.17, 15) is 19.2 Å². The third kappa shape index (κ3) is 8.23. The van der Waals surface area contributed by atoms with Crippen LogP contribution in [0.1, 0.15) is 40.0 Å². The molecular formula is C14H23NO7. The molecule has 0 aliphatic rings. The van der Waals surface area contributed by atoms with Crippen molar-refractivity contribution in [2.75, 3.05) is 13.2 Å². The van der Waals surface area contributed by atoms with Crippen LogP contribution in [0.5, 0.6) is 0 Å². The van der Waals surface area contributed by atoms with Crippen LogP contribution >= 0.6 is 0 Å². The summed E-state index contributed by atoms with van der Waals surface area (Å²) < 4.78 is 9.46. The second-order valence-electron chi connectivity index (χ2n) is 4.65. The van der Waals surface area contributed by atoms with E-state index in [0.29, 0.717) is 0 Å². The number of rotatable bonds is 10. The van der Waals surface area contributed by atoms with Gasteiger partial charge in [0.25, 0.3) is 0 Å². The first kappa shape index (κ1) is 19.9. The number of carbonyl (C=O) groups is 4. The van der Waals surface area contributed by atoms with Crippen molar-refractivity contribution in [3.8, 4) is 0 Å². The molecule has 0 aliphatic carbocycles. The van der Waals surface area contributed by atoms with Gasteiger partial charge in [0.05, 0.1) is 25.6 Å². The summed E-state index contributed by atoms with van der Waals surface area (Å²) in [4.78, 5) is 45.4. The zero-order chi connectivity index (χ0) is 17.1. The number of hydrogen-bond acceptors (Lipinski definition) is 6. The molecule has 0 saturated heterocycles. The first-order valence-electron chi connectivity index (χ1n) is 7.16. The minimum Gasteiger partial charge on any atom is -0.480 e. The smallest absolute Gasteiger partial charge is 0.326 e. The van der Waals surface area contributed by atoms with Crippen LogP contribution in [-0.2, 0) is 28.7 Å². The highest BCUT2D eigenvalue weighted by molar-refractivity contribution is 5.86. The first-order valence-corrected chi connectivity index (χ1v) is 7.16. The zero-order valence-electron chi connectivity index (χ0n) is 13.1. The van der Waals surface area contributed by atoms with Crippen molar-refractivity contribution in [3.05, 3.63) is 0 Å². The van der Waals surface area contributed by atoms with Gasteiger partial charge in [0.15, 0.2) is 0 Å². The minimum atomic E-state index is -1.25. The van der Waals surface area contributed by atoms with Crippen LogP contribution in [0.2, 0.25) is 0 Å². The van der Waals surface area contributed by atoms with E-state index in [-0.39, 0.29) is 32.5 Å². The van der Waals surface area contributed by atoms with E-state index in [1.165, 1.54) is 6.92 Å². The molecule has 0 aliphatic heterocycles. The van der Waals surface area contributed by atoms with Gasteiger partial charge in [0.2, 0.25) is 5.91 Å². The lowest BCUT2D eigenvalue weighted by Gasteiger charge is -2.18. The number of amides is 1. The number of carbonyl (C=O) groups excluding carboxylic acids is 3. The zero-order valence-corrected chi connectivity index (χ0v) is 13.1. The Balaban J connectivity index is 4.40. The van der Waals surface area contributed by atoms with Crippen LogP contribution in [-0.4, -0.2) is 48.2 Å². The summed E-state index contributed by atoms with van der Waals surface area (Å²) in [6.07, 6.45) is -0.380. The average Bonchev–Trinajstić information content (AvgIpc) is 2.44. The molecule has 0 radical (unpaired) electrons. The molecule has 1 amide bonds. The Kier molecular flexibility index (Phi) is 9.56. The molecule has 0 bridgehead atoms. The van der Waals surface area contributed by atoms with Gasteiger partial charge in [0.1, 0.15) is 6.04 Å². The Morgan fingerprint density at radius 2 is 1.64 bits per heavy atom. The second-order valence-corrected chi connectivity index (χ2v) is 4.65. The van der Waals surface area contributed by atoms with E-state index < -0.39 is 35.8 Å². The van der Waals surface area contributed by atoms with E-state index in [2.05, 4.69) is 10.1 Å². The molecule has 2 atom stereocenters. The minimum absolute atomic E-state index is 0.0840. The lowest BCUT2D eigenvalue weighted by molar-refractivity contribution is -0.149. The van der Waals surface area contributed by atoms with Crippen molar-refractivity contribution < 1.29 is 33.8 Å². The van der Waals surface area contributed by atoms with Crippen molar-refractivity contribution in [2.45, 2.75) is 46.1 Å². The monoisotopic (exact) mass is 317 g/mol. The van der Waals surface area contributed by atoms with E-state index in [1.807, 2.05) is 0 Å². The van der Waals surface area contributed by atoms with E-state index in [4.69, 9.17) is 9.84 Å². The highest BCUT2D eigenvalue weighted by Crippen LogP contribution is 2.09. The number of esters is 2. The molecule has 0 rings (SSSR count). The number of ether oxygens (including phenoxy) is 2. The maximum Gasteiger partial charge on any atom is 0.326 e. The summed E-state index contributed by atoms with van der Waals surface area (Å²) in [7, 11) is 0. The molecular weight excluding hydrogens is 294 g/mol. The van der Waals surface area contributed by atoms with Gasteiger partial charge in [-0.1, -0.05) is 6.92 Å². The Hall–Kier alpha value is -2.12. The van der Waals surface area contributed by atoms with Crippen molar-refractivity contribution in [3.63, 3.8) is 0 Å². The van der Waals surface area contributed by atoms with Gasteiger partial charge >= 0.3 is 17.9 Å². The predicted molar refractivity (Wildman–Crippen MR) is 75.8 cm³/mol. The van der Waals surface area contributed by atoms with Crippen molar-refractivity contribution >= 4 is 23.8 Å². The van der Waals surface area contributed by atoms with E-state index in [0.717, 1.165) is 0 Å². The Bertz CT molecular complexity index is 408. The Morgan fingerprint density at radius 1 is 1.05 bits per heavy atom. The fraction of sp³-hybridized carbons (Fsp3) is 0.714. The molecule has 0 saturated carbocycles. The molecule has 0 unspecified atom stereocenters. The Morgan fingerprint density at radius 3 is 2.14 bits per heavy atom. The normalized spacial score (nSPS) is 12.9. The molecule has 8 heteroatoms. The lowest BCUT2D eigenvalue weighted by Crippen LogP contribution is -2.42. The van der Waals surface area contributed by atoms with Crippen molar-refractivity contribution in [2.24, 2.45) is 5.92 Å². The summed E-state index contributed by atoms with van der Waals surface area (Å²) in [5, 5.41) is 11.4. The SMILES string of the molecule is CCOC(=O)CCC(=O)N[C@H](C[C@H](C)C(=O)OCC)C(=O)O. The van der Waals surface area contributed by atoms with Crippen LogP contribution in [0, 0.1) is 5.92 Å². The molecule has 0 aromatic carbocycles. The van der Waals surface area contributed by atoms with Gasteiger partial charge in [-0.25, -0.2) is 4.79 Å². The molecule has 8 nitrogen and oxygen atoms in total. The molecule has 0 heterocycles.